The highest BCUT2D eigenvalue weighted by Crippen LogP contribution is 2.68. The summed E-state index contributed by atoms with van der Waals surface area (Å²) in [7, 11) is 0. The smallest absolute Gasteiger partial charge is 0.237 e. The predicted molar refractivity (Wildman–Crippen MR) is 85.8 cm³/mol. The van der Waals surface area contributed by atoms with Gasteiger partial charge in [0.25, 0.3) is 0 Å². The number of benzene rings is 1. The number of imide groups is 1. The van der Waals surface area contributed by atoms with Crippen LogP contribution in [0.2, 0.25) is 0 Å². The monoisotopic (exact) mass is 307 g/mol. The third-order valence-electron chi connectivity index (χ3n) is 7.49. The van der Waals surface area contributed by atoms with Gasteiger partial charge in [0.15, 0.2) is 0 Å². The maximum Gasteiger partial charge on any atom is 0.237 e. The number of aryl methyl sites for hydroxylation is 2. The second kappa shape index (κ2) is 4.06. The van der Waals surface area contributed by atoms with Crippen LogP contribution >= 0.6 is 0 Å². The summed E-state index contributed by atoms with van der Waals surface area (Å²) in [4.78, 5) is 27.8. The van der Waals surface area contributed by atoms with Gasteiger partial charge < -0.3 is 0 Å². The molecule has 0 aromatic heterocycles. The van der Waals surface area contributed by atoms with Crippen LogP contribution in [0.15, 0.2) is 18.2 Å². The highest BCUT2D eigenvalue weighted by molar-refractivity contribution is 6.22. The Labute approximate surface area is 136 Å². The van der Waals surface area contributed by atoms with Crippen molar-refractivity contribution in [2.45, 2.75) is 38.5 Å². The number of amides is 2. The van der Waals surface area contributed by atoms with Crippen LogP contribution in [0, 0.1) is 35.5 Å². The quantitative estimate of drug-likeness (QED) is 0.748. The molecule has 3 heteroatoms. The molecule has 0 spiro atoms. The van der Waals surface area contributed by atoms with E-state index in [-0.39, 0.29) is 23.7 Å². The summed E-state index contributed by atoms with van der Waals surface area (Å²) in [6.45, 7) is 0. The third kappa shape index (κ3) is 1.47. The van der Waals surface area contributed by atoms with E-state index in [2.05, 4.69) is 12.1 Å². The van der Waals surface area contributed by atoms with E-state index in [9.17, 15) is 9.59 Å². The molecule has 0 unspecified atom stereocenters. The fraction of sp³-hybridized carbons (Fsp3) is 0.600. The molecule has 0 N–H and O–H groups in total. The van der Waals surface area contributed by atoms with E-state index in [4.69, 9.17) is 0 Å². The first-order valence-electron chi connectivity index (χ1n) is 9.23. The summed E-state index contributed by atoms with van der Waals surface area (Å²) in [5, 5.41) is 0. The lowest BCUT2D eigenvalue weighted by atomic mass is 9.59. The molecule has 5 fully saturated rings. The Kier molecular flexibility index (Phi) is 2.25. The first-order chi connectivity index (χ1) is 11.2. The van der Waals surface area contributed by atoms with Crippen molar-refractivity contribution in [2.24, 2.45) is 35.5 Å². The minimum atomic E-state index is -0.00162. The zero-order valence-corrected chi connectivity index (χ0v) is 13.2. The van der Waals surface area contributed by atoms with Crippen LogP contribution in [0.4, 0.5) is 5.69 Å². The van der Waals surface area contributed by atoms with E-state index >= 15 is 0 Å². The van der Waals surface area contributed by atoms with E-state index in [0.29, 0.717) is 11.8 Å². The predicted octanol–water partition coefficient (Wildman–Crippen LogP) is 2.96. The SMILES string of the molecule is O=C1[C@@H]2[C@@H]3CC[C@@H]([C@H]4C[C@H]43)[C@@H]2C(=O)N1c1ccc2c(c1)CCC2. The Balaban J connectivity index is 1.42. The Morgan fingerprint density at radius 1 is 0.826 bits per heavy atom. The molecule has 6 atom stereocenters. The fourth-order valence-corrected chi connectivity index (χ4v) is 6.49. The van der Waals surface area contributed by atoms with Gasteiger partial charge in [-0.15, -0.1) is 0 Å². The van der Waals surface area contributed by atoms with Gasteiger partial charge in [0.2, 0.25) is 11.8 Å². The van der Waals surface area contributed by atoms with Crippen molar-refractivity contribution in [1.29, 1.82) is 0 Å². The van der Waals surface area contributed by atoms with Gasteiger partial charge in [0.05, 0.1) is 17.5 Å². The molecular formula is C20H21NO2. The lowest BCUT2D eigenvalue weighted by Gasteiger charge is -2.42. The fourth-order valence-electron chi connectivity index (χ4n) is 6.49. The van der Waals surface area contributed by atoms with Crippen molar-refractivity contribution in [2.75, 3.05) is 4.90 Å². The zero-order valence-electron chi connectivity index (χ0n) is 13.2. The van der Waals surface area contributed by atoms with E-state index in [1.165, 1.54) is 36.8 Å². The lowest BCUT2D eigenvalue weighted by molar-refractivity contribution is -0.129. The number of rotatable bonds is 1. The Bertz CT molecular complexity index is 720. The van der Waals surface area contributed by atoms with Gasteiger partial charge in [-0.3, -0.25) is 14.5 Å². The summed E-state index contributed by atoms with van der Waals surface area (Å²) < 4.78 is 0. The van der Waals surface area contributed by atoms with Crippen molar-refractivity contribution in [1.82, 2.24) is 0 Å². The summed E-state index contributed by atoms with van der Waals surface area (Å²) in [6, 6.07) is 6.24. The Morgan fingerprint density at radius 3 is 2.17 bits per heavy atom. The van der Waals surface area contributed by atoms with Crippen LogP contribution in [0.25, 0.3) is 0 Å². The van der Waals surface area contributed by atoms with Crippen LogP contribution in [0.1, 0.15) is 36.8 Å². The Hall–Kier alpha value is -1.64. The first-order valence-corrected chi connectivity index (χ1v) is 9.23. The maximum absolute atomic E-state index is 13.1. The molecule has 1 aliphatic heterocycles. The largest absolute Gasteiger partial charge is 0.274 e. The molecule has 5 aliphatic carbocycles. The van der Waals surface area contributed by atoms with Gasteiger partial charge in [-0.2, -0.15) is 0 Å². The zero-order chi connectivity index (χ0) is 15.3. The number of carbonyl (C=O) groups excluding carboxylic acids is 2. The summed E-state index contributed by atoms with van der Waals surface area (Å²) >= 11 is 0. The highest BCUT2D eigenvalue weighted by atomic mass is 16.2. The van der Waals surface area contributed by atoms with Crippen LogP contribution in [-0.2, 0) is 22.4 Å². The van der Waals surface area contributed by atoms with Crippen LogP contribution in [-0.4, -0.2) is 11.8 Å². The van der Waals surface area contributed by atoms with Crippen molar-refractivity contribution < 1.29 is 9.59 Å². The van der Waals surface area contributed by atoms with Crippen LogP contribution < -0.4 is 4.90 Å². The van der Waals surface area contributed by atoms with Crippen molar-refractivity contribution >= 4 is 17.5 Å². The van der Waals surface area contributed by atoms with E-state index in [1.807, 2.05) is 6.07 Å². The van der Waals surface area contributed by atoms with Gasteiger partial charge in [0.1, 0.15) is 0 Å². The normalized spacial score (nSPS) is 42.7. The minimum Gasteiger partial charge on any atom is -0.274 e. The molecule has 23 heavy (non-hydrogen) atoms. The van der Waals surface area contributed by atoms with Crippen LogP contribution in [0.3, 0.4) is 0 Å². The molecule has 7 rings (SSSR count). The third-order valence-corrected chi connectivity index (χ3v) is 7.49. The average Bonchev–Trinajstić information content (AvgIpc) is 3.20. The maximum atomic E-state index is 13.1. The minimum absolute atomic E-state index is 0.00162. The van der Waals surface area contributed by atoms with Gasteiger partial charge in [-0.05, 0) is 85.5 Å². The molecule has 2 bridgehead atoms. The molecule has 6 aliphatic rings. The standard InChI is InChI=1S/C20H21NO2/c22-19-17-13-6-7-14(16-9-15(13)16)18(17)20(23)21(19)12-5-4-10-2-1-3-11(10)8-12/h4-5,8,13-18H,1-3,6-7,9H2/t13-,14+,15+,16-,17-,18+. The molecule has 1 aromatic carbocycles. The summed E-state index contributed by atoms with van der Waals surface area (Å²) in [6.07, 6.45) is 7.03. The molecule has 3 nitrogen and oxygen atoms in total. The van der Waals surface area contributed by atoms with E-state index in [1.54, 1.807) is 4.90 Å². The molecule has 2 amide bonds. The lowest BCUT2D eigenvalue weighted by Crippen LogP contribution is -2.43. The highest BCUT2D eigenvalue weighted by Gasteiger charge is 2.68. The number of carbonyl (C=O) groups is 2. The van der Waals surface area contributed by atoms with Crippen LogP contribution in [0.5, 0.6) is 0 Å². The summed E-state index contributed by atoms with van der Waals surface area (Å²) in [5.41, 5.74) is 3.57. The molecule has 0 radical (unpaired) electrons. The van der Waals surface area contributed by atoms with Gasteiger partial charge >= 0.3 is 0 Å². The molecular weight excluding hydrogens is 286 g/mol. The second-order valence-corrected chi connectivity index (χ2v) is 8.34. The average molecular weight is 307 g/mol. The second-order valence-electron chi connectivity index (χ2n) is 8.34. The Morgan fingerprint density at radius 2 is 1.48 bits per heavy atom. The number of hydrogen-bond donors (Lipinski definition) is 0. The van der Waals surface area contributed by atoms with Crippen molar-refractivity contribution in [3.8, 4) is 0 Å². The molecule has 1 heterocycles. The molecule has 4 saturated carbocycles. The number of nitrogens with zero attached hydrogens (tertiary/aromatic N) is 1. The number of fused-ring (bicyclic) bond motifs is 2. The van der Waals surface area contributed by atoms with Crippen molar-refractivity contribution in [3.05, 3.63) is 29.3 Å². The van der Waals surface area contributed by atoms with Crippen molar-refractivity contribution in [3.63, 3.8) is 0 Å². The number of hydrogen-bond acceptors (Lipinski definition) is 2. The molecule has 118 valence electrons. The molecule has 1 aromatic rings. The van der Waals surface area contributed by atoms with Gasteiger partial charge in [0, 0.05) is 0 Å². The topological polar surface area (TPSA) is 37.4 Å². The van der Waals surface area contributed by atoms with E-state index in [0.717, 1.165) is 30.4 Å². The first kappa shape index (κ1) is 12.7. The van der Waals surface area contributed by atoms with E-state index < -0.39 is 0 Å². The van der Waals surface area contributed by atoms with Gasteiger partial charge in [-0.25, -0.2) is 0 Å². The number of anilines is 1. The summed E-state index contributed by atoms with van der Waals surface area (Å²) in [5.74, 6) is 2.71. The molecule has 1 saturated heterocycles. The van der Waals surface area contributed by atoms with Gasteiger partial charge in [-0.1, -0.05) is 6.07 Å².